The number of thiophene rings is 1. The average Bonchev–Trinajstić information content (AvgIpc) is 3.58. The normalized spacial score (nSPS) is 13.8. The lowest BCUT2D eigenvalue weighted by atomic mass is 10.2. The van der Waals surface area contributed by atoms with Crippen LogP contribution in [0, 0.1) is 10.1 Å². The van der Waals surface area contributed by atoms with Crippen LogP contribution < -0.4 is 10.2 Å². The number of methoxy groups -OCH3 is 1. The van der Waals surface area contributed by atoms with E-state index in [1.807, 2.05) is 30.3 Å². The molecule has 0 radical (unpaired) electrons. The van der Waals surface area contributed by atoms with Gasteiger partial charge in [0.15, 0.2) is 5.82 Å². The van der Waals surface area contributed by atoms with Crippen LogP contribution in [-0.2, 0) is 20.8 Å². The number of hydrogen-bond acceptors (Lipinski definition) is 8. The van der Waals surface area contributed by atoms with E-state index in [1.165, 1.54) is 12.1 Å². The summed E-state index contributed by atoms with van der Waals surface area (Å²) < 4.78 is 12.9. The number of aromatic nitrogens is 2. The topological polar surface area (TPSA) is 112 Å². The van der Waals surface area contributed by atoms with Gasteiger partial charge in [-0.1, -0.05) is 41.1 Å². The summed E-state index contributed by atoms with van der Waals surface area (Å²) in [5, 5.41) is 15.0. The van der Waals surface area contributed by atoms with Gasteiger partial charge in [-0.05, 0) is 42.3 Å². The molecule has 40 heavy (non-hydrogen) atoms. The van der Waals surface area contributed by atoms with Crippen LogP contribution in [0.25, 0.3) is 27.8 Å². The van der Waals surface area contributed by atoms with Crippen molar-refractivity contribution in [1.29, 1.82) is 0 Å². The first-order chi connectivity index (χ1) is 19.4. The summed E-state index contributed by atoms with van der Waals surface area (Å²) in [6, 6.07) is 14.4. The number of imidazole rings is 1. The number of halogens is 1. The Hall–Kier alpha value is -3.77. The highest BCUT2D eigenvalue weighted by Crippen LogP contribution is 2.38. The third-order valence-electron chi connectivity index (χ3n) is 6.52. The van der Waals surface area contributed by atoms with E-state index in [0.717, 1.165) is 34.5 Å². The smallest absolute Gasteiger partial charge is 0.324 e. The Balaban J connectivity index is 1.56. The molecule has 0 saturated carbocycles. The van der Waals surface area contributed by atoms with E-state index in [-0.39, 0.29) is 10.9 Å². The SMILES string of the molecule is COCCCn1c(-c2ccc([N+](=O)[O-])s2)nc2cc(NC(=O)/C=C/c3ccccc3Cl)c(N3CCOCC3)cc21. The van der Waals surface area contributed by atoms with Gasteiger partial charge in [-0.25, -0.2) is 4.98 Å². The van der Waals surface area contributed by atoms with Gasteiger partial charge in [0, 0.05) is 50.5 Å². The number of rotatable bonds is 10. The van der Waals surface area contributed by atoms with Gasteiger partial charge in [0.2, 0.25) is 5.91 Å². The van der Waals surface area contributed by atoms with Gasteiger partial charge in [0.1, 0.15) is 0 Å². The van der Waals surface area contributed by atoms with Gasteiger partial charge in [0.25, 0.3) is 0 Å². The highest BCUT2D eigenvalue weighted by Gasteiger charge is 2.22. The number of amides is 1. The number of carbonyl (C=O) groups is 1. The van der Waals surface area contributed by atoms with Crippen molar-refractivity contribution < 1.29 is 19.2 Å². The molecule has 1 fully saturated rings. The fourth-order valence-corrected chi connectivity index (χ4v) is 5.62. The van der Waals surface area contributed by atoms with Crippen LogP contribution >= 0.6 is 22.9 Å². The quantitative estimate of drug-likeness (QED) is 0.108. The summed E-state index contributed by atoms with van der Waals surface area (Å²) in [6.45, 7) is 3.67. The van der Waals surface area contributed by atoms with Gasteiger partial charge in [-0.15, -0.1) is 0 Å². The molecule has 1 N–H and O–H groups in total. The van der Waals surface area contributed by atoms with Crippen LogP contribution in [0.2, 0.25) is 5.02 Å². The lowest BCUT2D eigenvalue weighted by Gasteiger charge is -2.30. The predicted molar refractivity (Wildman–Crippen MR) is 158 cm³/mol. The number of hydrogen-bond donors (Lipinski definition) is 1. The van der Waals surface area contributed by atoms with Crippen molar-refractivity contribution in [3.63, 3.8) is 0 Å². The minimum atomic E-state index is -0.396. The summed E-state index contributed by atoms with van der Waals surface area (Å²) in [5.74, 6) is 0.335. The number of carbonyl (C=O) groups excluding carboxylic acids is 1. The number of nitrogens with one attached hydrogen (secondary N) is 1. The van der Waals surface area contributed by atoms with Crippen LogP contribution in [0.5, 0.6) is 0 Å². The first kappa shape index (κ1) is 27.8. The van der Waals surface area contributed by atoms with Gasteiger partial charge in [-0.3, -0.25) is 14.9 Å². The lowest BCUT2D eigenvalue weighted by molar-refractivity contribution is -0.380. The van der Waals surface area contributed by atoms with Crippen molar-refractivity contribution in [2.75, 3.05) is 50.2 Å². The number of nitro groups is 1. The molecule has 0 aliphatic carbocycles. The molecule has 0 unspecified atom stereocenters. The molecule has 2 aromatic heterocycles. The first-order valence-electron chi connectivity index (χ1n) is 12.8. The number of anilines is 2. The number of fused-ring (bicyclic) bond motifs is 1. The molecule has 1 amide bonds. The monoisotopic (exact) mass is 581 g/mol. The molecule has 0 bridgehead atoms. The zero-order chi connectivity index (χ0) is 28.1. The average molecular weight is 582 g/mol. The second-order valence-corrected chi connectivity index (χ2v) is 10.6. The maximum Gasteiger partial charge on any atom is 0.324 e. The lowest BCUT2D eigenvalue weighted by Crippen LogP contribution is -2.36. The van der Waals surface area contributed by atoms with Crippen LogP contribution in [-0.4, -0.2) is 60.4 Å². The summed E-state index contributed by atoms with van der Waals surface area (Å²) >= 11 is 7.32. The molecule has 2 aromatic carbocycles. The number of benzene rings is 2. The van der Waals surface area contributed by atoms with E-state index in [0.29, 0.717) is 66.4 Å². The van der Waals surface area contributed by atoms with E-state index in [1.54, 1.807) is 25.3 Å². The molecule has 3 heterocycles. The molecule has 4 aromatic rings. The molecule has 0 atom stereocenters. The van der Waals surface area contributed by atoms with Crippen LogP contribution in [0.15, 0.2) is 54.6 Å². The van der Waals surface area contributed by atoms with Crippen LogP contribution in [0.1, 0.15) is 12.0 Å². The molecule has 0 spiro atoms. The molecular weight excluding hydrogens is 554 g/mol. The van der Waals surface area contributed by atoms with Crippen molar-refractivity contribution in [1.82, 2.24) is 9.55 Å². The second kappa shape index (κ2) is 12.6. The van der Waals surface area contributed by atoms with Crippen molar-refractivity contribution in [2.45, 2.75) is 13.0 Å². The Kier molecular flexibility index (Phi) is 8.75. The second-order valence-electron chi connectivity index (χ2n) is 9.13. The van der Waals surface area contributed by atoms with Crippen molar-refractivity contribution in [3.8, 4) is 10.7 Å². The summed E-state index contributed by atoms with van der Waals surface area (Å²) in [7, 11) is 1.65. The molecule has 12 heteroatoms. The predicted octanol–water partition coefficient (Wildman–Crippen LogP) is 5.85. The third kappa shape index (κ3) is 6.18. The Morgan fingerprint density at radius 2 is 2.05 bits per heavy atom. The fraction of sp³-hybridized carbons (Fsp3) is 0.286. The Bertz CT molecular complexity index is 1560. The highest BCUT2D eigenvalue weighted by atomic mass is 35.5. The summed E-state index contributed by atoms with van der Waals surface area (Å²) in [6.07, 6.45) is 3.87. The van der Waals surface area contributed by atoms with Crippen LogP contribution in [0.3, 0.4) is 0 Å². The van der Waals surface area contributed by atoms with E-state index in [9.17, 15) is 14.9 Å². The first-order valence-corrected chi connectivity index (χ1v) is 14.0. The minimum absolute atomic E-state index is 0.0535. The van der Waals surface area contributed by atoms with Gasteiger partial charge in [0.05, 0.1) is 45.4 Å². The number of aryl methyl sites for hydroxylation is 1. The fourth-order valence-electron chi connectivity index (χ4n) is 4.60. The minimum Gasteiger partial charge on any atom is -0.385 e. The molecule has 5 rings (SSSR count). The number of morpholine rings is 1. The zero-order valence-electron chi connectivity index (χ0n) is 21.8. The number of ether oxygens (including phenoxy) is 2. The maximum atomic E-state index is 13.0. The maximum absolute atomic E-state index is 13.0. The van der Waals surface area contributed by atoms with E-state index in [4.69, 9.17) is 26.1 Å². The zero-order valence-corrected chi connectivity index (χ0v) is 23.4. The van der Waals surface area contributed by atoms with E-state index >= 15 is 0 Å². The summed E-state index contributed by atoms with van der Waals surface area (Å²) in [4.78, 5) is 31.7. The molecule has 208 valence electrons. The van der Waals surface area contributed by atoms with Crippen molar-refractivity contribution >= 4 is 62.3 Å². The molecule has 1 aliphatic heterocycles. The van der Waals surface area contributed by atoms with Crippen LogP contribution in [0.4, 0.5) is 16.4 Å². The largest absolute Gasteiger partial charge is 0.385 e. The van der Waals surface area contributed by atoms with Crippen molar-refractivity contribution in [2.24, 2.45) is 0 Å². The Morgan fingerprint density at radius 1 is 1.25 bits per heavy atom. The molecular formula is C28H28ClN5O5S. The van der Waals surface area contributed by atoms with E-state index in [2.05, 4.69) is 14.8 Å². The third-order valence-corrected chi connectivity index (χ3v) is 7.89. The Morgan fingerprint density at radius 3 is 2.77 bits per heavy atom. The van der Waals surface area contributed by atoms with Gasteiger partial charge < -0.3 is 24.3 Å². The number of nitrogens with zero attached hydrogens (tertiary/aromatic N) is 4. The molecule has 1 saturated heterocycles. The van der Waals surface area contributed by atoms with Gasteiger partial charge >= 0.3 is 5.00 Å². The van der Waals surface area contributed by atoms with Crippen molar-refractivity contribution in [3.05, 3.63) is 75.3 Å². The standard InChI is InChI=1S/C28H28ClN5O5S/c1-38-14-4-11-33-24-18-23(32-12-15-39-16-13-32)21(30-26(35)9-7-19-5-2-3-6-20(19)29)17-22(24)31-28(33)25-8-10-27(40-25)34(36)37/h2-3,5-10,17-18H,4,11-16H2,1H3,(H,30,35)/b9-7+. The highest BCUT2D eigenvalue weighted by molar-refractivity contribution is 7.18. The van der Waals surface area contributed by atoms with Gasteiger partial charge in [-0.2, -0.15) is 0 Å². The molecule has 1 aliphatic rings. The summed E-state index contributed by atoms with van der Waals surface area (Å²) in [5.41, 5.74) is 3.76. The molecule has 10 nitrogen and oxygen atoms in total. The Labute approximate surface area is 239 Å². The van der Waals surface area contributed by atoms with E-state index < -0.39 is 4.92 Å².